The normalized spacial score (nSPS) is 12.5. The van der Waals surface area contributed by atoms with Crippen LogP contribution in [0.4, 0.5) is 0 Å². The van der Waals surface area contributed by atoms with Crippen molar-refractivity contribution in [2.24, 2.45) is 0 Å². The second-order valence-electron chi connectivity index (χ2n) is 4.26. The van der Waals surface area contributed by atoms with Crippen molar-refractivity contribution in [2.45, 2.75) is 19.4 Å². The predicted molar refractivity (Wildman–Crippen MR) is 74.6 cm³/mol. The summed E-state index contributed by atoms with van der Waals surface area (Å²) in [6.45, 7) is 1.64. The molecule has 20 heavy (non-hydrogen) atoms. The number of aliphatic hydroxyl groups is 1. The van der Waals surface area contributed by atoms with Gasteiger partial charge in [-0.2, -0.15) is 5.26 Å². The van der Waals surface area contributed by atoms with Crippen LogP contribution in [0.15, 0.2) is 24.0 Å². The van der Waals surface area contributed by atoms with E-state index >= 15 is 0 Å². The molecule has 5 nitrogen and oxygen atoms in total. The molecule has 0 amide bonds. The average molecular weight is 277 g/mol. The van der Waals surface area contributed by atoms with Gasteiger partial charge in [-0.15, -0.1) is 0 Å². The van der Waals surface area contributed by atoms with Crippen LogP contribution in [-0.2, 0) is 11.2 Å². The lowest BCUT2D eigenvalue weighted by molar-refractivity contribution is 0.189. The predicted octanol–water partition coefficient (Wildman–Crippen LogP) is 2.35. The molecule has 1 N–H and O–H groups in total. The fourth-order valence-corrected chi connectivity index (χ4v) is 1.98. The highest BCUT2D eigenvalue weighted by molar-refractivity contribution is 5.50. The number of nitrogens with zero attached hydrogens (tertiary/aromatic N) is 1. The molecule has 0 radical (unpaired) electrons. The van der Waals surface area contributed by atoms with Gasteiger partial charge in [-0.1, -0.05) is 0 Å². The summed E-state index contributed by atoms with van der Waals surface area (Å²) in [7, 11) is 4.55. The zero-order valence-electron chi connectivity index (χ0n) is 12.1. The molecule has 0 spiro atoms. The second-order valence-corrected chi connectivity index (χ2v) is 4.26. The molecule has 5 heteroatoms. The standard InChI is InChI=1S/C15H19NO4/c1-10(17)15-13(19-3)6-11(7-14(15)20-4)5-12(8-16)9-18-2/h6-7,9-10,17H,5H2,1-4H3. The van der Waals surface area contributed by atoms with Gasteiger partial charge in [-0.3, -0.25) is 0 Å². The summed E-state index contributed by atoms with van der Waals surface area (Å²) in [6, 6.07) is 5.64. The maximum absolute atomic E-state index is 9.81. The largest absolute Gasteiger partial charge is 0.503 e. The van der Waals surface area contributed by atoms with Gasteiger partial charge >= 0.3 is 0 Å². The second kappa shape index (κ2) is 7.41. The van der Waals surface area contributed by atoms with E-state index in [1.54, 1.807) is 19.1 Å². The van der Waals surface area contributed by atoms with Crippen molar-refractivity contribution < 1.29 is 19.3 Å². The van der Waals surface area contributed by atoms with Crippen LogP contribution in [0.3, 0.4) is 0 Å². The van der Waals surface area contributed by atoms with Crippen molar-refractivity contribution in [3.63, 3.8) is 0 Å². The van der Waals surface area contributed by atoms with Crippen molar-refractivity contribution in [3.8, 4) is 17.6 Å². The van der Waals surface area contributed by atoms with Crippen molar-refractivity contribution in [2.75, 3.05) is 21.3 Å². The van der Waals surface area contributed by atoms with Gasteiger partial charge in [-0.25, -0.2) is 0 Å². The van der Waals surface area contributed by atoms with E-state index in [0.29, 0.717) is 29.1 Å². The molecular weight excluding hydrogens is 258 g/mol. The number of rotatable bonds is 6. The first kappa shape index (κ1) is 15.9. The lowest BCUT2D eigenvalue weighted by atomic mass is 10.0. The third kappa shape index (κ3) is 3.65. The Hall–Kier alpha value is -2.19. The summed E-state index contributed by atoms with van der Waals surface area (Å²) in [4.78, 5) is 0. The Bertz CT molecular complexity index is 504. The van der Waals surface area contributed by atoms with Crippen LogP contribution in [0, 0.1) is 11.3 Å². The number of allylic oxidation sites excluding steroid dienone is 1. The summed E-state index contributed by atoms with van der Waals surface area (Å²) in [5, 5.41) is 18.8. The first-order chi connectivity index (χ1) is 9.57. The molecule has 1 atom stereocenters. The summed E-state index contributed by atoms with van der Waals surface area (Å²) in [5.41, 5.74) is 1.92. The molecule has 0 heterocycles. The Balaban J connectivity index is 3.24. The summed E-state index contributed by atoms with van der Waals surface area (Å²) in [5.74, 6) is 1.06. The van der Waals surface area contributed by atoms with Crippen LogP contribution in [0.1, 0.15) is 24.2 Å². The quantitative estimate of drug-likeness (QED) is 0.638. The van der Waals surface area contributed by atoms with Gasteiger partial charge in [0.15, 0.2) is 0 Å². The van der Waals surface area contributed by atoms with Crippen molar-refractivity contribution in [1.82, 2.24) is 0 Å². The van der Waals surface area contributed by atoms with Crippen LogP contribution in [0.2, 0.25) is 0 Å². The fourth-order valence-electron chi connectivity index (χ4n) is 1.98. The van der Waals surface area contributed by atoms with Gasteiger partial charge in [0.05, 0.1) is 50.9 Å². The maximum Gasteiger partial charge on any atom is 0.128 e. The van der Waals surface area contributed by atoms with Gasteiger partial charge in [-0.05, 0) is 24.6 Å². The van der Waals surface area contributed by atoms with Gasteiger partial charge in [0, 0.05) is 6.42 Å². The SMILES string of the molecule is COC=C(C#N)Cc1cc(OC)c(C(C)O)c(OC)c1. The molecule has 1 rings (SSSR count). The van der Waals surface area contributed by atoms with Gasteiger partial charge in [0.25, 0.3) is 0 Å². The minimum Gasteiger partial charge on any atom is -0.503 e. The number of aliphatic hydroxyl groups excluding tert-OH is 1. The smallest absolute Gasteiger partial charge is 0.128 e. The molecule has 0 fully saturated rings. The van der Waals surface area contributed by atoms with Crippen LogP contribution < -0.4 is 9.47 Å². The van der Waals surface area contributed by atoms with Gasteiger partial charge < -0.3 is 19.3 Å². The summed E-state index contributed by atoms with van der Waals surface area (Å²) >= 11 is 0. The highest BCUT2D eigenvalue weighted by Crippen LogP contribution is 2.36. The third-order valence-corrected chi connectivity index (χ3v) is 2.82. The maximum atomic E-state index is 9.81. The molecular formula is C15H19NO4. The number of nitriles is 1. The Morgan fingerprint density at radius 3 is 2.20 bits per heavy atom. The van der Waals surface area contributed by atoms with E-state index in [0.717, 1.165) is 5.56 Å². The highest BCUT2D eigenvalue weighted by Gasteiger charge is 2.17. The molecule has 1 aromatic carbocycles. The molecule has 1 unspecified atom stereocenters. The summed E-state index contributed by atoms with van der Waals surface area (Å²) in [6.07, 6.45) is 1.09. The molecule has 108 valence electrons. The summed E-state index contributed by atoms with van der Waals surface area (Å²) < 4.78 is 15.4. The van der Waals surface area contributed by atoms with Crippen molar-refractivity contribution in [3.05, 3.63) is 35.1 Å². The Kier molecular flexibility index (Phi) is 5.88. The minimum absolute atomic E-state index is 0.400. The van der Waals surface area contributed by atoms with E-state index in [4.69, 9.17) is 19.5 Å². The van der Waals surface area contributed by atoms with Gasteiger partial charge in [0.2, 0.25) is 0 Å². The van der Waals surface area contributed by atoms with E-state index in [9.17, 15) is 5.11 Å². The monoisotopic (exact) mass is 277 g/mol. The zero-order chi connectivity index (χ0) is 15.1. The zero-order valence-corrected chi connectivity index (χ0v) is 12.1. The molecule has 1 aromatic rings. The van der Waals surface area contributed by atoms with Crippen LogP contribution in [0.25, 0.3) is 0 Å². The van der Waals surface area contributed by atoms with Crippen LogP contribution >= 0.6 is 0 Å². The number of methoxy groups -OCH3 is 3. The first-order valence-corrected chi connectivity index (χ1v) is 6.12. The number of ether oxygens (including phenoxy) is 3. The van der Waals surface area contributed by atoms with Crippen molar-refractivity contribution in [1.29, 1.82) is 5.26 Å². The number of hydrogen-bond acceptors (Lipinski definition) is 5. The molecule has 0 aromatic heterocycles. The average Bonchev–Trinajstić information content (AvgIpc) is 2.45. The molecule has 0 aliphatic heterocycles. The van der Waals surface area contributed by atoms with E-state index in [1.165, 1.54) is 27.6 Å². The lowest BCUT2D eigenvalue weighted by Crippen LogP contribution is -2.02. The Morgan fingerprint density at radius 1 is 1.30 bits per heavy atom. The highest BCUT2D eigenvalue weighted by atomic mass is 16.5. The number of benzene rings is 1. The molecule has 0 aliphatic rings. The Morgan fingerprint density at radius 2 is 1.85 bits per heavy atom. The third-order valence-electron chi connectivity index (χ3n) is 2.82. The van der Waals surface area contributed by atoms with E-state index in [-0.39, 0.29) is 0 Å². The number of hydrogen-bond donors (Lipinski definition) is 1. The fraction of sp³-hybridized carbons (Fsp3) is 0.400. The molecule has 0 bridgehead atoms. The molecule has 0 saturated carbocycles. The first-order valence-electron chi connectivity index (χ1n) is 6.12. The van der Waals surface area contributed by atoms with E-state index in [2.05, 4.69) is 6.07 Å². The van der Waals surface area contributed by atoms with Crippen LogP contribution in [-0.4, -0.2) is 26.4 Å². The lowest BCUT2D eigenvalue weighted by Gasteiger charge is -2.17. The molecule has 0 saturated heterocycles. The van der Waals surface area contributed by atoms with Crippen LogP contribution in [0.5, 0.6) is 11.5 Å². The van der Waals surface area contributed by atoms with Crippen molar-refractivity contribution >= 4 is 0 Å². The Labute approximate surface area is 119 Å². The topological polar surface area (TPSA) is 71.7 Å². The minimum atomic E-state index is -0.709. The molecule has 0 aliphatic carbocycles. The van der Waals surface area contributed by atoms with E-state index in [1.807, 2.05) is 0 Å². The van der Waals surface area contributed by atoms with Gasteiger partial charge in [0.1, 0.15) is 11.5 Å². The van der Waals surface area contributed by atoms with E-state index < -0.39 is 6.10 Å².